The van der Waals surface area contributed by atoms with Crippen molar-refractivity contribution in [2.45, 2.75) is 25.6 Å². The summed E-state index contributed by atoms with van der Waals surface area (Å²) >= 11 is 6.54. The smallest absolute Gasteiger partial charge is 0.435 e. The van der Waals surface area contributed by atoms with Gasteiger partial charge in [-0.25, -0.2) is 18.9 Å². The van der Waals surface area contributed by atoms with Crippen LogP contribution in [0.1, 0.15) is 39.5 Å². The lowest BCUT2D eigenvalue weighted by atomic mass is 9.90. The van der Waals surface area contributed by atoms with E-state index < -0.39 is 41.7 Å². The minimum absolute atomic E-state index is 0.00620. The first kappa shape index (κ1) is 46.3. The van der Waals surface area contributed by atoms with Crippen molar-refractivity contribution in [1.82, 2.24) is 34.4 Å². The highest BCUT2D eigenvalue weighted by Gasteiger charge is 2.43. The van der Waals surface area contributed by atoms with Gasteiger partial charge < -0.3 is 44.6 Å². The normalized spacial score (nSPS) is 19.4. The van der Waals surface area contributed by atoms with Crippen LogP contribution in [0.4, 0.5) is 37.7 Å². The molecule has 0 radical (unpaired) electrons. The summed E-state index contributed by atoms with van der Waals surface area (Å²) in [5.74, 6) is -3.08. The first-order valence-electron chi connectivity index (χ1n) is 20.5. The Balaban J connectivity index is 0.956. The number of piperidine rings is 1. The van der Waals surface area contributed by atoms with Gasteiger partial charge in [-0.3, -0.25) is 14.4 Å². The monoisotopic (exact) mass is 923 g/mol. The number of alkyl halides is 5. The van der Waals surface area contributed by atoms with Gasteiger partial charge in [-0.15, -0.1) is 0 Å². The summed E-state index contributed by atoms with van der Waals surface area (Å²) in [6, 6.07) is 7.65. The molecule has 4 N–H and O–H groups in total. The van der Waals surface area contributed by atoms with Crippen LogP contribution >= 0.6 is 11.6 Å². The van der Waals surface area contributed by atoms with Crippen molar-refractivity contribution in [3.8, 4) is 16.9 Å². The first-order valence-corrected chi connectivity index (χ1v) is 20.9. The summed E-state index contributed by atoms with van der Waals surface area (Å²) < 4.78 is 88.8. The molecule has 3 aliphatic rings. The number of carbonyl (C=O) groups excluding carboxylic acids is 3. The van der Waals surface area contributed by atoms with Gasteiger partial charge >= 0.3 is 18.8 Å². The number of aromatic nitrogens is 4. The molecule has 5 heterocycles. The second-order valence-corrected chi connectivity index (χ2v) is 16.6. The maximum atomic E-state index is 15.1. The molecular formula is C41H46ClF6N10O6+. The second-order valence-electron chi connectivity index (χ2n) is 16.2. The van der Waals surface area contributed by atoms with Gasteiger partial charge in [-0.2, -0.15) is 27.1 Å². The number of hydrogen-bond acceptors (Lipinski definition) is 9. The average Bonchev–Trinajstić information content (AvgIpc) is 3.85. The van der Waals surface area contributed by atoms with Gasteiger partial charge in [0.1, 0.15) is 5.69 Å². The number of imidazole rings is 1. The maximum Gasteiger partial charge on any atom is 0.435 e. The number of anilines is 2. The second kappa shape index (κ2) is 19.2. The van der Waals surface area contributed by atoms with Crippen molar-refractivity contribution >= 4 is 46.7 Å². The predicted molar refractivity (Wildman–Crippen MR) is 220 cm³/mol. The van der Waals surface area contributed by atoms with Crippen molar-refractivity contribution in [2.75, 3.05) is 89.2 Å². The molecule has 4 aromatic rings. The number of carboxylic acid groups (broad SMARTS) is 1. The molecule has 23 heteroatoms. The SMILES string of the molecule is Cn1c(-c2cn(-c3ccc(NCCOC(F)F)cc3F)nc2C(F)(F)F)cnc1C(=O)Nc1ccc(C(=O)N2CCN(C(=O)C3CC[N+](CC(=O)O)(CC4CNC4)CC3)CC2)c(Cl)c1. The lowest BCUT2D eigenvalue weighted by Gasteiger charge is -2.46. The number of rotatable bonds is 15. The molecule has 2 aromatic heterocycles. The highest BCUT2D eigenvalue weighted by atomic mass is 35.5. The number of quaternary nitrogens is 1. The van der Waals surface area contributed by atoms with E-state index in [1.807, 2.05) is 0 Å². The third-order valence-corrected chi connectivity index (χ3v) is 12.2. The topological polar surface area (TPSA) is 176 Å². The summed E-state index contributed by atoms with van der Waals surface area (Å²) in [5.41, 5.74) is -1.94. The molecule has 16 nitrogen and oxygen atoms in total. The fourth-order valence-electron chi connectivity index (χ4n) is 8.50. The van der Waals surface area contributed by atoms with E-state index >= 15 is 4.39 Å². The van der Waals surface area contributed by atoms with Gasteiger partial charge in [0.25, 0.3) is 11.8 Å². The van der Waals surface area contributed by atoms with Crippen molar-refractivity contribution < 1.29 is 59.8 Å². The van der Waals surface area contributed by atoms with Crippen LogP contribution in [-0.2, 0) is 27.5 Å². The van der Waals surface area contributed by atoms with Gasteiger partial charge in [0, 0.05) is 95.1 Å². The number of ether oxygens (including phenoxy) is 1. The molecule has 0 bridgehead atoms. The molecule has 3 amide bonds. The molecule has 0 atom stereocenters. The Morgan fingerprint density at radius 3 is 2.31 bits per heavy atom. The number of benzene rings is 2. The van der Waals surface area contributed by atoms with Crippen LogP contribution in [0.2, 0.25) is 5.02 Å². The highest BCUT2D eigenvalue weighted by Crippen LogP contribution is 2.37. The number of piperazine rings is 1. The number of likely N-dealkylation sites (tertiary alicyclic amines) is 1. The summed E-state index contributed by atoms with van der Waals surface area (Å²) in [6.07, 6.45) is -1.82. The Labute approximate surface area is 367 Å². The van der Waals surface area contributed by atoms with Gasteiger partial charge in [0.05, 0.1) is 54.3 Å². The fraction of sp³-hybridized carbons (Fsp3) is 0.463. The van der Waals surface area contributed by atoms with Crippen molar-refractivity contribution in [3.05, 3.63) is 76.7 Å². The van der Waals surface area contributed by atoms with E-state index in [1.165, 1.54) is 31.3 Å². The molecule has 7 rings (SSSR count). The Hall–Kier alpha value is -5.71. The van der Waals surface area contributed by atoms with E-state index in [9.17, 15) is 46.2 Å². The summed E-state index contributed by atoms with van der Waals surface area (Å²) in [7, 11) is 1.31. The van der Waals surface area contributed by atoms with Crippen LogP contribution in [0, 0.1) is 17.7 Å². The Bertz CT molecular complexity index is 2370. The van der Waals surface area contributed by atoms with Crippen LogP contribution < -0.4 is 16.0 Å². The molecule has 0 aliphatic carbocycles. The molecule has 344 valence electrons. The van der Waals surface area contributed by atoms with Crippen LogP contribution in [0.5, 0.6) is 0 Å². The van der Waals surface area contributed by atoms with Crippen molar-refractivity contribution in [2.24, 2.45) is 18.9 Å². The molecule has 0 spiro atoms. The van der Waals surface area contributed by atoms with E-state index in [0.29, 0.717) is 54.1 Å². The van der Waals surface area contributed by atoms with Gasteiger partial charge in [-0.1, -0.05) is 11.6 Å². The first-order chi connectivity index (χ1) is 30.4. The van der Waals surface area contributed by atoms with Gasteiger partial charge in [-0.05, 0) is 36.4 Å². The summed E-state index contributed by atoms with van der Waals surface area (Å²) in [6.45, 7) is 1.54. The van der Waals surface area contributed by atoms with Crippen molar-refractivity contribution in [1.29, 1.82) is 0 Å². The number of nitrogens with one attached hydrogen (secondary N) is 3. The lowest BCUT2D eigenvalue weighted by molar-refractivity contribution is -0.929. The number of carboxylic acids is 1. The molecule has 3 aliphatic heterocycles. The van der Waals surface area contributed by atoms with Gasteiger partial charge in [0.2, 0.25) is 5.91 Å². The number of aliphatic carboxylic acids is 1. The number of nitrogens with zero attached hydrogens (tertiary/aromatic N) is 7. The van der Waals surface area contributed by atoms with E-state index in [1.54, 1.807) is 9.80 Å². The van der Waals surface area contributed by atoms with E-state index in [2.05, 4.69) is 30.8 Å². The Morgan fingerprint density at radius 2 is 1.70 bits per heavy atom. The molecule has 0 saturated carbocycles. The molecule has 0 unspecified atom stereocenters. The zero-order chi connectivity index (χ0) is 45.9. The summed E-state index contributed by atoms with van der Waals surface area (Å²) in [4.78, 5) is 59.5. The third kappa shape index (κ3) is 10.5. The maximum absolute atomic E-state index is 15.1. The minimum Gasteiger partial charge on any atom is -0.477 e. The van der Waals surface area contributed by atoms with Crippen LogP contribution in [0.3, 0.4) is 0 Å². The number of hydrogen-bond donors (Lipinski definition) is 4. The predicted octanol–water partition coefficient (Wildman–Crippen LogP) is 4.80. The molecule has 3 fully saturated rings. The number of halogens is 7. The molecule has 2 aromatic carbocycles. The lowest BCUT2D eigenvalue weighted by Crippen LogP contribution is -2.62. The quantitative estimate of drug-likeness (QED) is 0.0737. The summed E-state index contributed by atoms with van der Waals surface area (Å²) in [5, 5.41) is 21.7. The minimum atomic E-state index is -5.00. The third-order valence-electron chi connectivity index (χ3n) is 11.9. The fourth-order valence-corrected chi connectivity index (χ4v) is 8.76. The number of carbonyl (C=O) groups is 4. The van der Waals surface area contributed by atoms with Crippen molar-refractivity contribution in [3.63, 3.8) is 0 Å². The van der Waals surface area contributed by atoms with Gasteiger partial charge in [0.15, 0.2) is 23.9 Å². The zero-order valence-corrected chi connectivity index (χ0v) is 35.3. The zero-order valence-electron chi connectivity index (χ0n) is 34.5. The van der Waals surface area contributed by atoms with Crippen LogP contribution in [-0.4, -0.2) is 148 Å². The average molecular weight is 924 g/mol. The van der Waals surface area contributed by atoms with E-state index in [0.717, 1.165) is 48.7 Å². The molecule has 64 heavy (non-hydrogen) atoms. The largest absolute Gasteiger partial charge is 0.477 e. The number of amides is 3. The van der Waals surface area contributed by atoms with Crippen LogP contribution in [0.25, 0.3) is 16.9 Å². The Morgan fingerprint density at radius 1 is 1.02 bits per heavy atom. The highest BCUT2D eigenvalue weighted by molar-refractivity contribution is 6.34. The van der Waals surface area contributed by atoms with E-state index in [4.69, 9.17) is 11.6 Å². The standard InChI is InChI=1S/C41H45ClF6N10O6/c1-54-33(29-21-57(53-35(29)41(46,47)48)32-5-3-26(17-31(32)43)50-8-15-64-40(44)45)20-51-36(54)37(61)52-27-2-4-28(30(42)16-27)39(63)56-11-9-55(10-12-56)38(62)25-6-13-58(14-7-25,23-34(59)60)22-24-18-49-19-24/h2-5,16-17,20-21,24-25,40,49-50H,6-15,18-19,22-23H2,1H3,(H-,52,59,60,61,63)/p+1. The Kier molecular flexibility index (Phi) is 13.9. The molecule has 3 saturated heterocycles. The molecular weight excluding hydrogens is 878 g/mol. The van der Waals surface area contributed by atoms with Crippen LogP contribution in [0.15, 0.2) is 48.8 Å². The van der Waals surface area contributed by atoms with E-state index in [-0.39, 0.29) is 89.7 Å².